The summed E-state index contributed by atoms with van der Waals surface area (Å²) in [6, 6.07) is 25.8. The summed E-state index contributed by atoms with van der Waals surface area (Å²) in [6.07, 6.45) is 0. The van der Waals surface area contributed by atoms with Gasteiger partial charge in [0.05, 0.1) is 13.2 Å². The molecule has 0 unspecified atom stereocenters. The number of methoxy groups -OCH3 is 1. The molecule has 7 nitrogen and oxygen atoms in total. The van der Waals surface area contributed by atoms with Crippen molar-refractivity contribution in [1.82, 2.24) is 14.4 Å². The Morgan fingerprint density at radius 2 is 1.57 bits per heavy atom. The van der Waals surface area contributed by atoms with Crippen LogP contribution in [0.2, 0.25) is 0 Å². The van der Waals surface area contributed by atoms with Crippen LogP contribution in [0.15, 0.2) is 78.9 Å². The fourth-order valence-corrected chi connectivity index (χ4v) is 5.76. The van der Waals surface area contributed by atoms with Gasteiger partial charge < -0.3 is 24.0 Å². The first-order valence-electron chi connectivity index (χ1n) is 12.7. The van der Waals surface area contributed by atoms with Gasteiger partial charge in [-0.25, -0.2) is 0 Å². The van der Waals surface area contributed by atoms with Gasteiger partial charge >= 0.3 is 0 Å². The van der Waals surface area contributed by atoms with Crippen molar-refractivity contribution in [2.24, 2.45) is 7.05 Å². The fraction of sp³-hybridized carbons (Fsp3) is 0.267. The zero-order valence-corrected chi connectivity index (χ0v) is 21.1. The monoisotopic (exact) mass is 494 g/mol. The van der Waals surface area contributed by atoms with E-state index in [4.69, 9.17) is 4.74 Å². The molecule has 1 fully saturated rings. The second-order valence-electron chi connectivity index (χ2n) is 9.65. The lowest BCUT2D eigenvalue weighted by Gasteiger charge is -2.37. The normalized spacial score (nSPS) is 17.4. The molecule has 4 aromatic rings. The predicted molar refractivity (Wildman–Crippen MR) is 144 cm³/mol. The molecule has 3 heterocycles. The zero-order valence-electron chi connectivity index (χ0n) is 21.1. The minimum absolute atomic E-state index is 0.0170. The van der Waals surface area contributed by atoms with Gasteiger partial charge in [-0.3, -0.25) is 9.59 Å². The molecule has 2 aliphatic rings. The number of fused-ring (bicyclic) bond motifs is 3. The molecule has 1 saturated heterocycles. The number of rotatable bonds is 5. The highest BCUT2D eigenvalue weighted by Crippen LogP contribution is 2.44. The van der Waals surface area contributed by atoms with Gasteiger partial charge in [0.15, 0.2) is 0 Å². The molecule has 2 amide bonds. The van der Waals surface area contributed by atoms with E-state index in [1.807, 2.05) is 77.2 Å². The van der Waals surface area contributed by atoms with Crippen molar-refractivity contribution in [2.75, 3.05) is 44.7 Å². The summed E-state index contributed by atoms with van der Waals surface area (Å²) in [5.74, 6) is 0.632. The van der Waals surface area contributed by atoms with Crippen LogP contribution in [-0.2, 0) is 11.8 Å². The lowest BCUT2D eigenvalue weighted by molar-refractivity contribution is -0.132. The van der Waals surface area contributed by atoms with Crippen molar-refractivity contribution >= 4 is 28.4 Å². The van der Waals surface area contributed by atoms with Crippen LogP contribution in [0.1, 0.15) is 27.7 Å². The van der Waals surface area contributed by atoms with Gasteiger partial charge in [0.1, 0.15) is 18.0 Å². The number of benzene rings is 3. The van der Waals surface area contributed by atoms with Crippen LogP contribution in [0.5, 0.6) is 5.75 Å². The minimum Gasteiger partial charge on any atom is -0.497 e. The number of aryl methyl sites for hydroxylation is 1. The van der Waals surface area contributed by atoms with Gasteiger partial charge in [0.2, 0.25) is 5.91 Å². The third kappa shape index (κ3) is 3.91. The summed E-state index contributed by atoms with van der Waals surface area (Å²) in [5, 5.41) is 1.04. The van der Waals surface area contributed by atoms with E-state index in [9.17, 15) is 9.59 Å². The number of carbonyl (C=O) groups excluding carboxylic acids is 2. The van der Waals surface area contributed by atoms with Crippen molar-refractivity contribution in [3.8, 4) is 5.75 Å². The third-order valence-electron chi connectivity index (χ3n) is 7.69. The molecule has 7 heteroatoms. The van der Waals surface area contributed by atoms with E-state index in [0.29, 0.717) is 18.8 Å². The molecular formula is C30H30N4O3. The summed E-state index contributed by atoms with van der Waals surface area (Å²) in [7, 11) is 3.57. The summed E-state index contributed by atoms with van der Waals surface area (Å²) in [6.45, 7) is 2.87. The molecule has 0 aliphatic carbocycles. The van der Waals surface area contributed by atoms with Crippen LogP contribution in [0.25, 0.3) is 10.9 Å². The molecule has 1 atom stereocenters. The molecule has 0 bridgehead atoms. The van der Waals surface area contributed by atoms with Crippen LogP contribution in [0, 0.1) is 0 Å². The van der Waals surface area contributed by atoms with Crippen LogP contribution in [0.3, 0.4) is 0 Å². The van der Waals surface area contributed by atoms with Gasteiger partial charge in [0.25, 0.3) is 5.91 Å². The van der Waals surface area contributed by atoms with Crippen molar-refractivity contribution < 1.29 is 14.3 Å². The average molecular weight is 495 g/mol. The molecule has 188 valence electrons. The van der Waals surface area contributed by atoms with Crippen LogP contribution in [-0.4, -0.2) is 66.0 Å². The summed E-state index contributed by atoms with van der Waals surface area (Å²) in [5.41, 5.74) is 4.78. The Bertz CT molecular complexity index is 1450. The van der Waals surface area contributed by atoms with Gasteiger partial charge in [-0.2, -0.15) is 0 Å². The van der Waals surface area contributed by atoms with E-state index < -0.39 is 0 Å². The van der Waals surface area contributed by atoms with Crippen LogP contribution < -0.4 is 9.64 Å². The zero-order chi connectivity index (χ0) is 25.5. The number of aromatic nitrogens is 1. The number of hydrogen-bond donors (Lipinski definition) is 0. The Morgan fingerprint density at radius 1 is 0.892 bits per heavy atom. The van der Waals surface area contributed by atoms with E-state index in [1.54, 1.807) is 12.0 Å². The number of anilines is 1. The van der Waals surface area contributed by atoms with Crippen molar-refractivity contribution in [1.29, 1.82) is 0 Å². The lowest BCUT2D eigenvalue weighted by atomic mass is 9.98. The maximum Gasteiger partial charge on any atom is 0.272 e. The largest absolute Gasteiger partial charge is 0.497 e. The van der Waals surface area contributed by atoms with E-state index in [2.05, 4.69) is 23.1 Å². The van der Waals surface area contributed by atoms with E-state index in [-0.39, 0.29) is 24.4 Å². The summed E-state index contributed by atoms with van der Waals surface area (Å²) < 4.78 is 7.32. The topological polar surface area (TPSA) is 58.0 Å². The van der Waals surface area contributed by atoms with E-state index in [0.717, 1.165) is 40.9 Å². The fourth-order valence-electron chi connectivity index (χ4n) is 5.76. The second kappa shape index (κ2) is 9.32. The van der Waals surface area contributed by atoms with Gasteiger partial charge in [-0.05, 0) is 35.9 Å². The second-order valence-corrected chi connectivity index (χ2v) is 9.65. The first-order valence-corrected chi connectivity index (χ1v) is 12.7. The molecule has 0 N–H and O–H groups in total. The quantitative estimate of drug-likeness (QED) is 0.420. The number of hydrogen-bond acceptors (Lipinski definition) is 4. The first kappa shape index (κ1) is 23.2. The van der Waals surface area contributed by atoms with Crippen molar-refractivity contribution in [2.45, 2.75) is 6.04 Å². The van der Waals surface area contributed by atoms with Crippen LogP contribution >= 0.6 is 0 Å². The Kier molecular flexibility index (Phi) is 5.83. The molecule has 0 saturated carbocycles. The maximum absolute atomic E-state index is 13.9. The minimum atomic E-state index is -0.339. The molecule has 0 radical (unpaired) electrons. The van der Waals surface area contributed by atoms with Gasteiger partial charge in [-0.1, -0.05) is 48.5 Å². The third-order valence-corrected chi connectivity index (χ3v) is 7.69. The number of carbonyl (C=O) groups is 2. The highest BCUT2D eigenvalue weighted by atomic mass is 16.5. The average Bonchev–Trinajstić information content (AvgIpc) is 3.41. The Morgan fingerprint density at radius 3 is 2.27 bits per heavy atom. The number of piperazine rings is 1. The standard InChI is InChI=1S/C30H30N4O3/c1-31-25-11-7-6-10-24(25)27-28(21-12-14-23(37-2)15-13-21)34(30(36)29(27)31)20-26(35)33-18-16-32(17-19-33)22-8-4-3-5-9-22/h3-15,28H,16-20H2,1-2H3/t28-/m1/s1. The Labute approximate surface area is 216 Å². The highest BCUT2D eigenvalue weighted by Gasteiger charge is 2.43. The van der Waals surface area contributed by atoms with E-state index >= 15 is 0 Å². The molecule has 37 heavy (non-hydrogen) atoms. The molecule has 3 aromatic carbocycles. The number of nitrogens with zero attached hydrogens (tertiary/aromatic N) is 4. The van der Waals surface area contributed by atoms with Crippen molar-refractivity contribution in [3.05, 3.63) is 95.7 Å². The Hall–Kier alpha value is -4.26. The number of ether oxygens (including phenoxy) is 1. The summed E-state index contributed by atoms with van der Waals surface area (Å²) >= 11 is 0. The predicted octanol–water partition coefficient (Wildman–Crippen LogP) is 4.08. The number of amides is 2. The molecule has 6 rings (SSSR count). The van der Waals surface area contributed by atoms with E-state index in [1.165, 1.54) is 5.69 Å². The molecule has 2 aliphatic heterocycles. The van der Waals surface area contributed by atoms with Crippen molar-refractivity contribution in [3.63, 3.8) is 0 Å². The van der Waals surface area contributed by atoms with Gasteiger partial charge in [-0.15, -0.1) is 0 Å². The smallest absolute Gasteiger partial charge is 0.272 e. The maximum atomic E-state index is 13.9. The highest BCUT2D eigenvalue weighted by molar-refractivity contribution is 6.07. The van der Waals surface area contributed by atoms with Gasteiger partial charge in [0, 0.05) is 55.4 Å². The molecule has 1 aromatic heterocycles. The number of para-hydroxylation sites is 2. The summed E-state index contributed by atoms with van der Waals surface area (Å²) in [4.78, 5) is 33.3. The molecule has 0 spiro atoms. The van der Waals surface area contributed by atoms with Crippen LogP contribution in [0.4, 0.5) is 5.69 Å². The first-order chi connectivity index (χ1) is 18.1. The molecular weight excluding hydrogens is 464 g/mol. The SMILES string of the molecule is COc1ccc([C@@H]2c3c(n(C)c4ccccc34)C(=O)N2CC(=O)N2CCN(c3ccccc3)CC2)cc1. The lowest BCUT2D eigenvalue weighted by Crippen LogP contribution is -2.51. The Balaban J connectivity index is 1.29.